The van der Waals surface area contributed by atoms with E-state index >= 15 is 0 Å². The Morgan fingerprint density at radius 3 is 1.67 bits per heavy atom. The van der Waals surface area contributed by atoms with Crippen molar-refractivity contribution in [2.75, 3.05) is 0 Å². The highest BCUT2D eigenvalue weighted by Crippen LogP contribution is 2.53. The molecule has 0 saturated carbocycles. The van der Waals surface area contributed by atoms with Crippen molar-refractivity contribution in [3.63, 3.8) is 0 Å². The largest absolute Gasteiger partial charge is 0.344 e. The Hall–Kier alpha value is -9.12. The predicted octanol–water partition coefficient (Wildman–Crippen LogP) is 16.8. The van der Waals surface area contributed by atoms with Gasteiger partial charge in [0.2, 0.25) is 0 Å². The summed E-state index contributed by atoms with van der Waals surface area (Å²) >= 11 is 0. The van der Waals surface area contributed by atoms with E-state index in [2.05, 4.69) is 266 Å². The molecule has 14 rings (SSSR count). The molecule has 0 radical (unpaired) electrons. The fourth-order valence-corrected chi connectivity index (χ4v) is 11.8. The summed E-state index contributed by atoms with van der Waals surface area (Å²) in [6, 6.07) is 90.5. The van der Waals surface area contributed by atoms with Crippen LogP contribution in [0.5, 0.6) is 0 Å². The summed E-state index contributed by atoms with van der Waals surface area (Å²) in [4.78, 5) is 10.7. The number of aliphatic imine (C=N–C) groups is 2. The maximum atomic E-state index is 5.45. The van der Waals surface area contributed by atoms with E-state index < -0.39 is 6.17 Å². The van der Waals surface area contributed by atoms with Gasteiger partial charge in [0.05, 0.1) is 16.7 Å². The molecule has 12 aromatic rings. The van der Waals surface area contributed by atoms with Crippen molar-refractivity contribution in [1.29, 1.82) is 0 Å². The van der Waals surface area contributed by atoms with Crippen molar-refractivity contribution in [2.24, 2.45) is 9.98 Å². The van der Waals surface area contributed by atoms with Gasteiger partial charge in [-0.3, -0.25) is 0 Å². The zero-order chi connectivity index (χ0) is 47.7. The van der Waals surface area contributed by atoms with E-state index in [1.165, 1.54) is 71.5 Å². The first-order chi connectivity index (χ1) is 35.6. The highest BCUT2D eigenvalue weighted by molar-refractivity contribution is 6.15. The lowest BCUT2D eigenvalue weighted by Crippen LogP contribution is -2.33. The minimum atomic E-state index is -0.412. The first kappa shape index (κ1) is 41.8. The molecule has 1 aromatic heterocycles. The summed E-state index contributed by atoms with van der Waals surface area (Å²) in [5.74, 6) is 1.92. The molecule has 0 amide bonds. The van der Waals surface area contributed by atoms with Crippen LogP contribution in [0.2, 0.25) is 0 Å². The van der Waals surface area contributed by atoms with E-state index in [0.717, 1.165) is 50.1 Å². The molecule has 11 aromatic carbocycles. The molecule has 0 saturated heterocycles. The average molecular weight is 921 g/mol. The maximum absolute atomic E-state index is 5.45. The zero-order valence-electron chi connectivity index (χ0n) is 39.7. The predicted molar refractivity (Wildman–Crippen MR) is 301 cm³/mol. The Morgan fingerprint density at radius 1 is 0.403 bits per heavy atom. The van der Waals surface area contributed by atoms with E-state index in [-0.39, 0.29) is 11.8 Å². The highest BCUT2D eigenvalue weighted by Gasteiger charge is 2.34. The van der Waals surface area contributed by atoms with Gasteiger partial charge in [-0.1, -0.05) is 231 Å². The minimum absolute atomic E-state index is 0.208. The molecule has 4 nitrogen and oxygen atoms in total. The second kappa shape index (κ2) is 17.1. The first-order valence-electron chi connectivity index (χ1n) is 25.0. The van der Waals surface area contributed by atoms with Crippen molar-refractivity contribution in [3.8, 4) is 39.1 Å². The Balaban J connectivity index is 0.928. The fourth-order valence-electron chi connectivity index (χ4n) is 11.8. The number of nitrogens with one attached hydrogen (secondary N) is 1. The second-order valence-corrected chi connectivity index (χ2v) is 19.3. The summed E-state index contributed by atoms with van der Waals surface area (Å²) in [6.07, 6.45) is -0.412. The number of rotatable bonds is 7. The number of nitrogens with zero attached hydrogens (tertiary/aromatic N) is 3. The fraction of sp³-hybridized carbons (Fsp3) is 0.0588. The van der Waals surface area contributed by atoms with Crippen LogP contribution in [-0.2, 0) is 0 Å². The third-order valence-electron chi connectivity index (χ3n) is 15.3. The van der Waals surface area contributed by atoms with Crippen LogP contribution in [0.1, 0.15) is 58.3 Å². The lowest BCUT2D eigenvalue weighted by atomic mass is 9.68. The van der Waals surface area contributed by atoms with Gasteiger partial charge in [-0.05, 0) is 96.4 Å². The maximum Gasteiger partial charge on any atom is 0.159 e. The van der Waals surface area contributed by atoms with Gasteiger partial charge in [0.15, 0.2) is 5.84 Å². The topological polar surface area (TPSA) is 41.7 Å². The van der Waals surface area contributed by atoms with E-state index in [1.54, 1.807) is 0 Å². The molecule has 0 spiro atoms. The number of aromatic nitrogens is 1. The molecule has 1 aliphatic carbocycles. The highest BCUT2D eigenvalue weighted by atomic mass is 15.2. The van der Waals surface area contributed by atoms with Crippen molar-refractivity contribution >= 4 is 55.0 Å². The van der Waals surface area contributed by atoms with E-state index in [1.807, 2.05) is 0 Å². The number of benzene rings is 11. The van der Waals surface area contributed by atoms with Gasteiger partial charge >= 0.3 is 0 Å². The SMILES string of the molecule is CC1c2cc3c(cc2-c2c(ccc4ccccc24)C1c1ccccc1)c1ccccc1n3-c1ccc(C2N=C(c3ccc(-c4ccccc4)cc3)N=C(c3ccc(-c4ccccc4)cc3)N2)c2ccccc12. The van der Waals surface area contributed by atoms with Crippen molar-refractivity contribution in [3.05, 3.63) is 282 Å². The molecule has 4 heteroatoms. The van der Waals surface area contributed by atoms with Crippen LogP contribution in [0, 0.1) is 0 Å². The number of amidine groups is 2. The second-order valence-electron chi connectivity index (χ2n) is 19.3. The van der Waals surface area contributed by atoms with Crippen molar-refractivity contribution in [1.82, 2.24) is 9.88 Å². The Bertz CT molecular complexity index is 4110. The van der Waals surface area contributed by atoms with Gasteiger partial charge in [-0.25, -0.2) is 9.98 Å². The van der Waals surface area contributed by atoms with Crippen LogP contribution in [0.25, 0.3) is 82.4 Å². The third kappa shape index (κ3) is 6.90. The van der Waals surface area contributed by atoms with Gasteiger partial charge in [-0.2, -0.15) is 0 Å². The standard InChI is InChI=1S/C68H48N4/c1-43-58-42-63-59(41-60(58)65-52-24-12-11-21-48(52)37-38-57(65)64(43)49-22-9-4-10-23-49)55-27-15-16-28-61(55)72(63)62-40-39-56(53-25-13-14-26-54(53)62)68-70-66(50-33-29-46(30-34-50)44-17-5-2-6-18-44)69-67(71-68)51-35-31-47(32-36-51)45-19-7-3-8-20-45/h2-43,64,68H,1H3,(H,69,70,71). The molecule has 1 aliphatic heterocycles. The molecule has 0 fully saturated rings. The van der Waals surface area contributed by atoms with Crippen molar-refractivity contribution in [2.45, 2.75) is 24.9 Å². The van der Waals surface area contributed by atoms with Crippen LogP contribution < -0.4 is 5.32 Å². The molecule has 3 unspecified atom stereocenters. The molecular formula is C68H48N4. The zero-order valence-corrected chi connectivity index (χ0v) is 39.7. The molecule has 72 heavy (non-hydrogen) atoms. The summed E-state index contributed by atoms with van der Waals surface area (Å²) in [7, 11) is 0. The number of hydrogen-bond acceptors (Lipinski definition) is 3. The summed E-state index contributed by atoms with van der Waals surface area (Å²) in [6.45, 7) is 2.43. The molecular weight excluding hydrogens is 873 g/mol. The Morgan fingerprint density at radius 2 is 0.958 bits per heavy atom. The van der Waals surface area contributed by atoms with E-state index in [9.17, 15) is 0 Å². The van der Waals surface area contributed by atoms with Gasteiger partial charge in [0.1, 0.15) is 12.0 Å². The summed E-state index contributed by atoms with van der Waals surface area (Å²) < 4.78 is 2.51. The lowest BCUT2D eigenvalue weighted by molar-refractivity contribution is 0.651. The van der Waals surface area contributed by atoms with Crippen LogP contribution >= 0.6 is 0 Å². The van der Waals surface area contributed by atoms with Gasteiger partial charge in [0, 0.05) is 38.8 Å². The molecule has 1 N–H and O–H groups in total. The molecule has 0 bridgehead atoms. The molecule has 2 aliphatic rings. The average Bonchev–Trinajstić information content (AvgIpc) is 3.78. The Labute approximate surface area is 418 Å². The van der Waals surface area contributed by atoms with Crippen LogP contribution in [-0.4, -0.2) is 16.2 Å². The monoisotopic (exact) mass is 920 g/mol. The summed E-state index contributed by atoms with van der Waals surface area (Å²) in [5.41, 5.74) is 18.0. The molecule has 2 heterocycles. The third-order valence-corrected chi connectivity index (χ3v) is 15.3. The lowest BCUT2D eigenvalue weighted by Gasteiger charge is -2.35. The van der Waals surface area contributed by atoms with Gasteiger partial charge in [-0.15, -0.1) is 0 Å². The smallest absolute Gasteiger partial charge is 0.159 e. The van der Waals surface area contributed by atoms with Crippen LogP contribution in [0.3, 0.4) is 0 Å². The first-order valence-corrected chi connectivity index (χ1v) is 25.0. The van der Waals surface area contributed by atoms with Crippen LogP contribution in [0.4, 0.5) is 0 Å². The van der Waals surface area contributed by atoms with E-state index in [0.29, 0.717) is 5.84 Å². The van der Waals surface area contributed by atoms with E-state index in [4.69, 9.17) is 9.98 Å². The Kier molecular flexibility index (Phi) is 9.92. The number of fused-ring (bicyclic) bond motifs is 9. The molecule has 340 valence electrons. The number of hydrogen-bond donors (Lipinski definition) is 1. The summed E-state index contributed by atoms with van der Waals surface area (Å²) in [5, 5.41) is 11.2. The normalized spacial score (nSPS) is 16.3. The quantitative estimate of drug-likeness (QED) is 0.170. The van der Waals surface area contributed by atoms with Crippen molar-refractivity contribution < 1.29 is 0 Å². The minimum Gasteiger partial charge on any atom is -0.344 e. The van der Waals surface area contributed by atoms with Gasteiger partial charge in [0.25, 0.3) is 0 Å². The molecule has 3 atom stereocenters. The number of para-hydroxylation sites is 1. The van der Waals surface area contributed by atoms with Gasteiger partial charge < -0.3 is 9.88 Å². The van der Waals surface area contributed by atoms with Crippen LogP contribution in [0.15, 0.2) is 259 Å².